The zero-order valence-electron chi connectivity index (χ0n) is 7.98. The van der Waals surface area contributed by atoms with E-state index in [2.05, 4.69) is 15.9 Å². The van der Waals surface area contributed by atoms with Gasteiger partial charge in [0.2, 0.25) is 5.91 Å². The fourth-order valence-corrected chi connectivity index (χ4v) is 1.34. The molecule has 0 aliphatic carbocycles. The summed E-state index contributed by atoms with van der Waals surface area (Å²) in [7, 11) is 3.61. The molecule has 0 aliphatic rings. The second-order valence-corrected chi connectivity index (χ2v) is 3.93. The molecule has 0 atom stereocenters. The Morgan fingerprint density at radius 2 is 1.75 bits per heavy atom. The first-order valence-electron chi connectivity index (χ1n) is 4.44. The predicted molar refractivity (Wildman–Crippen MR) is 55.6 cm³/mol. The van der Waals surface area contributed by atoms with Crippen molar-refractivity contribution in [3.05, 3.63) is 0 Å². The molecule has 0 spiro atoms. The SMILES string of the molecule is CN(C)C(=O)CCCCCCBr. The van der Waals surface area contributed by atoms with Crippen molar-refractivity contribution in [2.45, 2.75) is 32.1 Å². The molecule has 3 heteroatoms. The second kappa shape index (κ2) is 7.59. The number of alkyl halides is 1. The summed E-state index contributed by atoms with van der Waals surface area (Å²) >= 11 is 3.38. The van der Waals surface area contributed by atoms with Gasteiger partial charge in [-0.05, 0) is 12.8 Å². The lowest BCUT2D eigenvalue weighted by atomic mass is 10.1. The monoisotopic (exact) mass is 235 g/mol. The normalized spacial score (nSPS) is 9.92. The molecule has 0 aromatic heterocycles. The predicted octanol–water partition coefficient (Wildman–Crippen LogP) is 2.42. The first-order chi connectivity index (χ1) is 5.68. The molecular weight excluding hydrogens is 218 g/mol. The van der Waals surface area contributed by atoms with Gasteiger partial charge in [0.15, 0.2) is 0 Å². The third-order valence-corrected chi connectivity index (χ3v) is 2.33. The summed E-state index contributed by atoms with van der Waals surface area (Å²) in [6, 6.07) is 0. The van der Waals surface area contributed by atoms with Crippen molar-refractivity contribution < 1.29 is 4.79 Å². The van der Waals surface area contributed by atoms with Crippen LogP contribution in [0.15, 0.2) is 0 Å². The molecule has 0 fully saturated rings. The molecule has 0 unspecified atom stereocenters. The van der Waals surface area contributed by atoms with Crippen LogP contribution in [-0.2, 0) is 4.79 Å². The number of unbranched alkanes of at least 4 members (excludes halogenated alkanes) is 3. The molecule has 0 bridgehead atoms. The van der Waals surface area contributed by atoms with Gasteiger partial charge in [0, 0.05) is 25.8 Å². The second-order valence-electron chi connectivity index (χ2n) is 3.14. The van der Waals surface area contributed by atoms with Crippen molar-refractivity contribution in [1.82, 2.24) is 4.90 Å². The minimum Gasteiger partial charge on any atom is -0.349 e. The third kappa shape index (κ3) is 6.65. The number of nitrogens with zero attached hydrogens (tertiary/aromatic N) is 1. The Hall–Kier alpha value is -0.0500. The highest BCUT2D eigenvalue weighted by Gasteiger charge is 2.01. The van der Waals surface area contributed by atoms with Crippen molar-refractivity contribution >= 4 is 21.8 Å². The number of halogens is 1. The lowest BCUT2D eigenvalue weighted by Gasteiger charge is -2.09. The van der Waals surface area contributed by atoms with Gasteiger partial charge >= 0.3 is 0 Å². The zero-order chi connectivity index (χ0) is 9.40. The fraction of sp³-hybridized carbons (Fsp3) is 0.889. The molecule has 0 radical (unpaired) electrons. The van der Waals surface area contributed by atoms with Gasteiger partial charge in [-0.2, -0.15) is 0 Å². The van der Waals surface area contributed by atoms with Gasteiger partial charge < -0.3 is 4.90 Å². The van der Waals surface area contributed by atoms with Crippen LogP contribution < -0.4 is 0 Å². The average Bonchev–Trinajstić information content (AvgIpc) is 2.03. The molecule has 0 aliphatic heterocycles. The van der Waals surface area contributed by atoms with Crippen LogP contribution in [0, 0.1) is 0 Å². The van der Waals surface area contributed by atoms with Gasteiger partial charge in [0.25, 0.3) is 0 Å². The molecule has 0 aromatic rings. The summed E-state index contributed by atoms with van der Waals surface area (Å²) in [5.74, 6) is 0.244. The summed E-state index contributed by atoms with van der Waals surface area (Å²) < 4.78 is 0. The largest absolute Gasteiger partial charge is 0.349 e. The molecule has 0 saturated carbocycles. The van der Waals surface area contributed by atoms with E-state index in [0.717, 1.165) is 11.8 Å². The summed E-state index contributed by atoms with van der Waals surface area (Å²) in [5.41, 5.74) is 0. The van der Waals surface area contributed by atoms with Crippen LogP contribution in [0.25, 0.3) is 0 Å². The molecule has 0 saturated heterocycles. The standard InChI is InChI=1S/C9H18BrNO/c1-11(2)9(12)7-5-3-4-6-8-10/h3-8H2,1-2H3. The van der Waals surface area contributed by atoms with Crippen LogP contribution >= 0.6 is 15.9 Å². The lowest BCUT2D eigenvalue weighted by molar-refractivity contribution is -0.128. The van der Waals surface area contributed by atoms with Gasteiger partial charge in [-0.15, -0.1) is 0 Å². The Morgan fingerprint density at radius 1 is 1.17 bits per heavy atom. The van der Waals surface area contributed by atoms with Gasteiger partial charge in [0.1, 0.15) is 0 Å². The van der Waals surface area contributed by atoms with Gasteiger partial charge in [0.05, 0.1) is 0 Å². The van der Waals surface area contributed by atoms with Crippen LogP contribution in [-0.4, -0.2) is 30.2 Å². The Bertz CT molecular complexity index is 126. The maximum Gasteiger partial charge on any atom is 0.222 e. The minimum atomic E-state index is 0.244. The third-order valence-electron chi connectivity index (χ3n) is 1.77. The molecular formula is C9H18BrNO. The van der Waals surface area contributed by atoms with E-state index in [9.17, 15) is 4.79 Å². The van der Waals surface area contributed by atoms with Crippen molar-refractivity contribution in [2.75, 3.05) is 19.4 Å². The summed E-state index contributed by atoms with van der Waals surface area (Å²) in [6.45, 7) is 0. The Balaban J connectivity index is 3.14. The first kappa shape index (κ1) is 11.9. The molecule has 1 amide bonds. The van der Waals surface area contributed by atoms with E-state index < -0.39 is 0 Å². The Morgan fingerprint density at radius 3 is 2.25 bits per heavy atom. The van der Waals surface area contributed by atoms with E-state index in [4.69, 9.17) is 0 Å². The Labute approximate surface area is 83.4 Å². The van der Waals surface area contributed by atoms with E-state index in [-0.39, 0.29) is 5.91 Å². The van der Waals surface area contributed by atoms with Crippen LogP contribution in [0.5, 0.6) is 0 Å². The van der Waals surface area contributed by atoms with Crippen LogP contribution in [0.2, 0.25) is 0 Å². The van der Waals surface area contributed by atoms with E-state index in [1.165, 1.54) is 19.3 Å². The number of hydrogen-bond donors (Lipinski definition) is 0. The van der Waals surface area contributed by atoms with Gasteiger partial charge in [-0.25, -0.2) is 0 Å². The van der Waals surface area contributed by atoms with Crippen molar-refractivity contribution in [2.24, 2.45) is 0 Å². The molecule has 72 valence electrons. The van der Waals surface area contributed by atoms with E-state index >= 15 is 0 Å². The van der Waals surface area contributed by atoms with E-state index in [0.29, 0.717) is 6.42 Å². The van der Waals surface area contributed by atoms with Crippen molar-refractivity contribution in [1.29, 1.82) is 0 Å². The number of amides is 1. The molecule has 2 nitrogen and oxygen atoms in total. The zero-order valence-corrected chi connectivity index (χ0v) is 9.56. The van der Waals surface area contributed by atoms with Crippen molar-refractivity contribution in [3.63, 3.8) is 0 Å². The average molecular weight is 236 g/mol. The molecule has 0 heterocycles. The molecule has 0 aromatic carbocycles. The van der Waals surface area contributed by atoms with E-state index in [1.54, 1.807) is 19.0 Å². The first-order valence-corrected chi connectivity index (χ1v) is 5.56. The van der Waals surface area contributed by atoms with Crippen LogP contribution in [0.1, 0.15) is 32.1 Å². The summed E-state index contributed by atoms with van der Waals surface area (Å²) in [4.78, 5) is 12.7. The van der Waals surface area contributed by atoms with Crippen molar-refractivity contribution in [3.8, 4) is 0 Å². The molecule has 0 rings (SSSR count). The summed E-state index contributed by atoms with van der Waals surface area (Å²) in [6.07, 6.45) is 5.35. The number of rotatable bonds is 6. The topological polar surface area (TPSA) is 20.3 Å². The van der Waals surface area contributed by atoms with Crippen LogP contribution in [0.4, 0.5) is 0 Å². The van der Waals surface area contributed by atoms with Crippen LogP contribution in [0.3, 0.4) is 0 Å². The maximum atomic E-state index is 11.1. The number of carbonyl (C=O) groups is 1. The maximum absolute atomic E-state index is 11.1. The highest BCUT2D eigenvalue weighted by molar-refractivity contribution is 9.09. The fourth-order valence-electron chi connectivity index (χ4n) is 0.948. The smallest absolute Gasteiger partial charge is 0.222 e. The molecule has 12 heavy (non-hydrogen) atoms. The Kier molecular flexibility index (Phi) is 7.56. The quantitative estimate of drug-likeness (QED) is 0.512. The highest BCUT2D eigenvalue weighted by atomic mass is 79.9. The summed E-state index contributed by atoms with van der Waals surface area (Å²) in [5, 5.41) is 1.08. The van der Waals surface area contributed by atoms with Gasteiger partial charge in [-0.1, -0.05) is 28.8 Å². The number of carbonyl (C=O) groups excluding carboxylic acids is 1. The minimum absolute atomic E-state index is 0.244. The number of hydrogen-bond acceptors (Lipinski definition) is 1. The lowest BCUT2D eigenvalue weighted by Crippen LogP contribution is -2.20. The highest BCUT2D eigenvalue weighted by Crippen LogP contribution is 2.05. The molecule has 0 N–H and O–H groups in total. The van der Waals surface area contributed by atoms with E-state index in [1.807, 2.05) is 0 Å². The van der Waals surface area contributed by atoms with Gasteiger partial charge in [-0.3, -0.25) is 4.79 Å².